The molecule has 1 aromatic rings. The van der Waals surface area contributed by atoms with Crippen molar-refractivity contribution >= 4 is 11.9 Å². The van der Waals surface area contributed by atoms with Gasteiger partial charge in [-0.3, -0.25) is 4.79 Å². The highest BCUT2D eigenvalue weighted by atomic mass is 16.6. The van der Waals surface area contributed by atoms with Gasteiger partial charge in [-0.1, -0.05) is 13.8 Å². The second kappa shape index (κ2) is 7.75. The SMILES string of the molecule is CC[C@H]1O[C@@H]([n+]2cccc(C(=O)OC(C)C)c2)[C@H](OC(C)=O)[C@@H]1C. The first-order valence-corrected chi connectivity index (χ1v) is 8.38. The van der Waals surface area contributed by atoms with Crippen molar-refractivity contribution in [1.82, 2.24) is 0 Å². The molecule has 6 nitrogen and oxygen atoms in total. The number of nitrogens with zero attached hydrogens (tertiary/aromatic N) is 1. The van der Waals surface area contributed by atoms with E-state index in [-0.39, 0.29) is 30.1 Å². The van der Waals surface area contributed by atoms with Crippen molar-refractivity contribution < 1.29 is 28.4 Å². The number of rotatable bonds is 5. The number of ether oxygens (including phenoxy) is 3. The Bertz CT molecular complexity index is 601. The molecule has 132 valence electrons. The molecule has 0 N–H and O–H groups in total. The summed E-state index contributed by atoms with van der Waals surface area (Å²) < 4.78 is 18.6. The Morgan fingerprint density at radius 1 is 1.38 bits per heavy atom. The Balaban J connectivity index is 2.28. The van der Waals surface area contributed by atoms with E-state index in [1.54, 1.807) is 42.9 Å². The average Bonchev–Trinajstić information content (AvgIpc) is 2.83. The molecule has 2 rings (SSSR count). The fourth-order valence-electron chi connectivity index (χ4n) is 2.97. The third-order valence-electron chi connectivity index (χ3n) is 4.10. The summed E-state index contributed by atoms with van der Waals surface area (Å²) in [4.78, 5) is 23.6. The van der Waals surface area contributed by atoms with E-state index in [1.807, 2.05) is 13.8 Å². The van der Waals surface area contributed by atoms with Crippen LogP contribution in [0.5, 0.6) is 0 Å². The lowest BCUT2D eigenvalue weighted by Gasteiger charge is -2.17. The van der Waals surface area contributed by atoms with Crippen LogP contribution in [0.2, 0.25) is 0 Å². The molecule has 0 amide bonds. The highest BCUT2D eigenvalue weighted by molar-refractivity contribution is 5.88. The molecule has 1 aromatic heterocycles. The maximum atomic E-state index is 12.1. The molecule has 24 heavy (non-hydrogen) atoms. The van der Waals surface area contributed by atoms with Crippen molar-refractivity contribution in [2.45, 2.75) is 65.6 Å². The molecular formula is C18H26NO5+. The topological polar surface area (TPSA) is 65.7 Å². The second-order valence-electron chi connectivity index (χ2n) is 6.40. The van der Waals surface area contributed by atoms with Crippen molar-refractivity contribution in [2.75, 3.05) is 0 Å². The third-order valence-corrected chi connectivity index (χ3v) is 4.10. The molecular weight excluding hydrogens is 310 g/mol. The predicted molar refractivity (Wildman–Crippen MR) is 86.1 cm³/mol. The Kier molecular flexibility index (Phi) is 5.94. The standard InChI is InChI=1S/C18H26NO5/c1-6-15-12(4)16(23-13(5)20)17(24-15)19-9-7-8-14(10-19)18(21)22-11(2)3/h7-12,15-17H,6H2,1-5H3/q+1/t12-,15-,16-,17-/m1/s1. The number of carbonyl (C=O) groups excluding carboxylic acids is 2. The van der Waals surface area contributed by atoms with Crippen LogP contribution in [0.1, 0.15) is 57.6 Å². The Hall–Kier alpha value is -1.95. The van der Waals surface area contributed by atoms with Gasteiger partial charge in [0.2, 0.25) is 0 Å². The average molecular weight is 336 g/mol. The monoisotopic (exact) mass is 336 g/mol. The van der Waals surface area contributed by atoms with Crippen LogP contribution >= 0.6 is 0 Å². The first kappa shape index (κ1) is 18.4. The van der Waals surface area contributed by atoms with Crippen LogP contribution in [-0.2, 0) is 19.0 Å². The molecule has 0 aliphatic carbocycles. The minimum Gasteiger partial charge on any atom is -0.459 e. The van der Waals surface area contributed by atoms with Gasteiger partial charge in [0.05, 0.1) is 12.2 Å². The molecule has 4 atom stereocenters. The fraction of sp³-hybridized carbons (Fsp3) is 0.611. The molecule has 0 unspecified atom stereocenters. The minimum absolute atomic E-state index is 0.00174. The van der Waals surface area contributed by atoms with Crippen molar-refractivity contribution in [3.8, 4) is 0 Å². The molecule has 2 heterocycles. The molecule has 0 radical (unpaired) electrons. The zero-order valence-electron chi connectivity index (χ0n) is 14.9. The first-order chi connectivity index (χ1) is 11.3. The lowest BCUT2D eigenvalue weighted by atomic mass is 9.98. The maximum absolute atomic E-state index is 12.1. The normalized spacial score (nSPS) is 26.4. The van der Waals surface area contributed by atoms with Crippen LogP contribution in [0.3, 0.4) is 0 Å². The molecule has 1 fully saturated rings. The summed E-state index contributed by atoms with van der Waals surface area (Å²) in [5.41, 5.74) is 0.434. The molecule has 1 aliphatic heterocycles. The van der Waals surface area contributed by atoms with Gasteiger partial charge in [-0.05, 0) is 26.3 Å². The predicted octanol–water partition coefficient (Wildman–Crippen LogP) is 2.41. The summed E-state index contributed by atoms with van der Waals surface area (Å²) >= 11 is 0. The molecule has 1 saturated heterocycles. The van der Waals surface area contributed by atoms with Gasteiger partial charge in [0.15, 0.2) is 18.5 Å². The zero-order valence-corrected chi connectivity index (χ0v) is 14.9. The van der Waals surface area contributed by atoms with Crippen molar-refractivity contribution in [3.63, 3.8) is 0 Å². The van der Waals surface area contributed by atoms with E-state index in [2.05, 4.69) is 0 Å². The quantitative estimate of drug-likeness (QED) is 0.610. The van der Waals surface area contributed by atoms with Crippen LogP contribution in [0, 0.1) is 5.92 Å². The first-order valence-electron chi connectivity index (χ1n) is 8.38. The van der Waals surface area contributed by atoms with E-state index in [1.165, 1.54) is 6.92 Å². The van der Waals surface area contributed by atoms with Crippen molar-refractivity contribution in [3.05, 3.63) is 30.1 Å². The van der Waals surface area contributed by atoms with E-state index >= 15 is 0 Å². The lowest BCUT2D eigenvalue weighted by molar-refractivity contribution is -0.765. The van der Waals surface area contributed by atoms with Crippen molar-refractivity contribution in [1.29, 1.82) is 0 Å². The molecule has 0 aromatic carbocycles. The number of hydrogen-bond donors (Lipinski definition) is 0. The van der Waals surface area contributed by atoms with E-state index in [4.69, 9.17) is 14.2 Å². The van der Waals surface area contributed by atoms with Crippen LogP contribution in [-0.4, -0.2) is 30.3 Å². The van der Waals surface area contributed by atoms with Crippen molar-refractivity contribution in [2.24, 2.45) is 5.92 Å². The van der Waals surface area contributed by atoms with E-state index < -0.39 is 12.3 Å². The Morgan fingerprint density at radius 2 is 2.08 bits per heavy atom. The highest BCUT2D eigenvalue weighted by Crippen LogP contribution is 2.34. The number of esters is 2. The van der Waals surface area contributed by atoms with Gasteiger partial charge < -0.3 is 14.2 Å². The van der Waals surface area contributed by atoms with E-state index in [9.17, 15) is 9.59 Å². The number of aromatic nitrogens is 1. The number of hydrogen-bond acceptors (Lipinski definition) is 5. The molecule has 0 spiro atoms. The van der Waals surface area contributed by atoms with E-state index in [0.717, 1.165) is 6.42 Å². The summed E-state index contributed by atoms with van der Waals surface area (Å²) in [5, 5.41) is 0. The third kappa shape index (κ3) is 4.12. The second-order valence-corrected chi connectivity index (χ2v) is 6.40. The summed E-state index contributed by atoms with van der Waals surface area (Å²) in [6.07, 6.45) is 3.26. The largest absolute Gasteiger partial charge is 0.459 e. The molecule has 1 aliphatic rings. The van der Waals surface area contributed by atoms with Crippen LogP contribution in [0.15, 0.2) is 24.5 Å². The summed E-state index contributed by atoms with van der Waals surface area (Å²) in [6.45, 7) is 9.05. The van der Waals surface area contributed by atoms with Gasteiger partial charge in [-0.15, -0.1) is 0 Å². The molecule has 6 heteroatoms. The van der Waals surface area contributed by atoms with Crippen LogP contribution < -0.4 is 4.57 Å². The maximum Gasteiger partial charge on any atom is 0.344 e. The fourth-order valence-corrected chi connectivity index (χ4v) is 2.97. The van der Waals surface area contributed by atoms with Gasteiger partial charge in [0.1, 0.15) is 5.56 Å². The highest BCUT2D eigenvalue weighted by Gasteiger charge is 2.49. The van der Waals surface area contributed by atoms with Crippen LogP contribution in [0.25, 0.3) is 0 Å². The van der Waals surface area contributed by atoms with Gasteiger partial charge in [0, 0.05) is 18.9 Å². The summed E-state index contributed by atoms with van der Waals surface area (Å²) in [5.74, 6) is -0.655. The van der Waals surface area contributed by atoms with Crippen LogP contribution in [0.4, 0.5) is 0 Å². The van der Waals surface area contributed by atoms with Gasteiger partial charge in [0.25, 0.3) is 0 Å². The Morgan fingerprint density at radius 3 is 2.67 bits per heavy atom. The summed E-state index contributed by atoms with van der Waals surface area (Å²) in [6, 6.07) is 3.45. The summed E-state index contributed by atoms with van der Waals surface area (Å²) in [7, 11) is 0. The Labute approximate surface area is 142 Å². The molecule has 0 bridgehead atoms. The lowest BCUT2D eigenvalue weighted by Crippen LogP contribution is -2.46. The number of carbonyl (C=O) groups is 2. The molecule has 0 saturated carbocycles. The van der Waals surface area contributed by atoms with Gasteiger partial charge in [-0.2, -0.15) is 4.57 Å². The smallest absolute Gasteiger partial charge is 0.344 e. The minimum atomic E-state index is -0.458. The number of pyridine rings is 1. The van der Waals surface area contributed by atoms with Gasteiger partial charge >= 0.3 is 18.2 Å². The zero-order chi connectivity index (χ0) is 17.9. The van der Waals surface area contributed by atoms with Gasteiger partial charge in [-0.25, -0.2) is 4.79 Å². The van der Waals surface area contributed by atoms with E-state index in [0.29, 0.717) is 5.56 Å².